The molecule has 0 spiro atoms. The van der Waals surface area contributed by atoms with Crippen LogP contribution in [-0.4, -0.2) is 57.5 Å². The molecule has 8 nitrogen and oxygen atoms in total. The van der Waals surface area contributed by atoms with Crippen LogP contribution in [0.3, 0.4) is 0 Å². The van der Waals surface area contributed by atoms with Gasteiger partial charge in [0.25, 0.3) is 5.91 Å². The summed E-state index contributed by atoms with van der Waals surface area (Å²) in [5, 5.41) is 16.5. The molecule has 2 aromatic heterocycles. The summed E-state index contributed by atoms with van der Waals surface area (Å²) in [4.78, 5) is 20.2. The number of imidazole rings is 1. The van der Waals surface area contributed by atoms with Gasteiger partial charge in [-0.15, -0.1) is 5.10 Å². The first-order chi connectivity index (χ1) is 19.2. The summed E-state index contributed by atoms with van der Waals surface area (Å²) in [5.74, 6) is -4.40. The fraction of sp³-hybridized carbons (Fsp3) is 0.296. The minimum Gasteiger partial charge on any atom is -0.391 e. The lowest BCUT2D eigenvalue weighted by Crippen LogP contribution is -2.26. The fourth-order valence-electron chi connectivity index (χ4n) is 5.32. The third kappa shape index (κ3) is 4.70. The standard InChI is InChI=1S/C27H23F5N6O2/c28-14-1-2-19(30)18(7-14)22-8-15(29)12-37(22)24-4-3-23-33-11-25(38(23)35-24)34-27(40)26-20(31)9-16(10-21(26)32)36-6-5-17(39)13-36/h1-4,7,9-11,15,17,22,39H,5-6,8,12-13H2,(H,34,40)/t15-,17-,22+/m0/s1. The van der Waals surface area contributed by atoms with Crippen molar-refractivity contribution in [1.29, 1.82) is 0 Å². The SMILES string of the molecule is O=C(Nc1cnc2ccc(N3C[C@@H](F)C[C@@H]3c3cc(F)ccc3F)nn12)c1c(F)cc(N2CC[C@H](O)C2)cc1F. The second-order valence-corrected chi connectivity index (χ2v) is 9.90. The predicted molar refractivity (Wildman–Crippen MR) is 136 cm³/mol. The van der Waals surface area contributed by atoms with Gasteiger partial charge >= 0.3 is 0 Å². The number of aromatic nitrogens is 3. The van der Waals surface area contributed by atoms with E-state index < -0.39 is 53.1 Å². The molecule has 2 aliphatic heterocycles. The largest absolute Gasteiger partial charge is 0.391 e. The number of β-amino-alcohol motifs (C(OH)–C–C–N with tert-alkyl or cyclic N) is 1. The van der Waals surface area contributed by atoms with Crippen LogP contribution < -0.4 is 15.1 Å². The molecule has 1 amide bonds. The Labute approximate surface area is 224 Å². The van der Waals surface area contributed by atoms with E-state index in [-0.39, 0.29) is 48.0 Å². The molecule has 40 heavy (non-hydrogen) atoms. The highest BCUT2D eigenvalue weighted by Gasteiger charge is 2.36. The second kappa shape index (κ2) is 10.0. The van der Waals surface area contributed by atoms with Gasteiger partial charge in [0.2, 0.25) is 0 Å². The van der Waals surface area contributed by atoms with E-state index in [9.17, 15) is 31.9 Å². The first kappa shape index (κ1) is 26.0. The third-order valence-electron chi connectivity index (χ3n) is 7.23. The number of benzene rings is 2. The van der Waals surface area contributed by atoms with Crippen LogP contribution in [0.2, 0.25) is 0 Å². The van der Waals surface area contributed by atoms with Crippen molar-refractivity contribution in [3.05, 3.63) is 83.1 Å². The molecule has 0 bridgehead atoms. The average molecular weight is 559 g/mol. The summed E-state index contributed by atoms with van der Waals surface area (Å²) in [6.07, 6.45) is -0.300. The van der Waals surface area contributed by atoms with E-state index in [1.165, 1.54) is 27.7 Å². The van der Waals surface area contributed by atoms with Crippen molar-refractivity contribution in [2.75, 3.05) is 34.8 Å². The van der Waals surface area contributed by atoms with E-state index >= 15 is 0 Å². The van der Waals surface area contributed by atoms with Gasteiger partial charge < -0.3 is 20.2 Å². The van der Waals surface area contributed by atoms with Gasteiger partial charge in [0.05, 0.1) is 24.9 Å². The maximum Gasteiger partial charge on any atom is 0.262 e. The number of hydrogen-bond acceptors (Lipinski definition) is 6. The summed E-state index contributed by atoms with van der Waals surface area (Å²) in [5.41, 5.74) is -0.340. The zero-order chi connectivity index (χ0) is 28.1. The van der Waals surface area contributed by atoms with Crippen molar-refractivity contribution in [2.45, 2.75) is 31.2 Å². The van der Waals surface area contributed by atoms with E-state index in [4.69, 9.17) is 0 Å². The number of hydrogen-bond donors (Lipinski definition) is 2. The number of aliphatic hydroxyl groups is 1. The first-order valence-corrected chi connectivity index (χ1v) is 12.6. The van der Waals surface area contributed by atoms with Crippen molar-refractivity contribution in [3.63, 3.8) is 0 Å². The number of carbonyl (C=O) groups excluding carboxylic acids is 1. The minimum absolute atomic E-state index is 0.0148. The number of nitrogens with zero attached hydrogens (tertiary/aromatic N) is 5. The minimum atomic E-state index is -1.33. The van der Waals surface area contributed by atoms with Crippen molar-refractivity contribution in [1.82, 2.24) is 14.6 Å². The number of halogens is 5. The summed E-state index contributed by atoms with van der Waals surface area (Å²) in [6, 6.07) is 7.27. The number of amides is 1. The molecule has 0 unspecified atom stereocenters. The van der Waals surface area contributed by atoms with Crippen LogP contribution in [0.15, 0.2) is 48.7 Å². The molecule has 13 heteroatoms. The van der Waals surface area contributed by atoms with Gasteiger partial charge in [0, 0.05) is 30.8 Å². The van der Waals surface area contributed by atoms with Crippen LogP contribution in [0.5, 0.6) is 0 Å². The lowest BCUT2D eigenvalue weighted by atomic mass is 10.0. The molecule has 2 saturated heterocycles. The van der Waals surface area contributed by atoms with E-state index in [2.05, 4.69) is 15.4 Å². The number of fused-ring (bicyclic) bond motifs is 1. The predicted octanol–water partition coefficient (Wildman–Crippen LogP) is 4.40. The molecular weight excluding hydrogens is 535 g/mol. The van der Waals surface area contributed by atoms with E-state index in [1.54, 1.807) is 4.90 Å². The summed E-state index contributed by atoms with van der Waals surface area (Å²) < 4.78 is 73.9. The molecule has 2 aliphatic rings. The van der Waals surface area contributed by atoms with Crippen LogP contribution in [-0.2, 0) is 0 Å². The van der Waals surface area contributed by atoms with E-state index in [0.717, 1.165) is 30.3 Å². The molecule has 4 aromatic rings. The Bertz CT molecular complexity index is 1590. The quantitative estimate of drug-likeness (QED) is 0.354. The summed E-state index contributed by atoms with van der Waals surface area (Å²) >= 11 is 0. The molecule has 4 heterocycles. The topological polar surface area (TPSA) is 86.0 Å². The first-order valence-electron chi connectivity index (χ1n) is 12.6. The lowest BCUT2D eigenvalue weighted by Gasteiger charge is -2.26. The van der Waals surface area contributed by atoms with Crippen LogP contribution in [0.1, 0.15) is 34.8 Å². The van der Waals surface area contributed by atoms with Crippen molar-refractivity contribution in [2.24, 2.45) is 0 Å². The molecule has 2 aromatic carbocycles. The molecule has 6 rings (SSSR count). The van der Waals surface area contributed by atoms with Crippen molar-refractivity contribution < 1.29 is 31.9 Å². The molecular formula is C27H23F5N6O2. The number of alkyl halides is 1. The molecule has 3 atom stereocenters. The smallest absolute Gasteiger partial charge is 0.262 e. The Morgan fingerprint density at radius 1 is 1.00 bits per heavy atom. The van der Waals surface area contributed by atoms with Crippen molar-refractivity contribution >= 4 is 28.9 Å². The van der Waals surface area contributed by atoms with E-state index in [1.807, 2.05) is 0 Å². The number of nitrogens with one attached hydrogen (secondary N) is 1. The maximum atomic E-state index is 14.9. The fourth-order valence-corrected chi connectivity index (χ4v) is 5.32. The number of rotatable bonds is 5. The number of anilines is 3. The Morgan fingerprint density at radius 2 is 1.77 bits per heavy atom. The van der Waals surface area contributed by atoms with Crippen LogP contribution in [0.25, 0.3) is 5.65 Å². The maximum absolute atomic E-state index is 14.9. The Balaban J connectivity index is 1.29. The van der Waals surface area contributed by atoms with Crippen LogP contribution >= 0.6 is 0 Å². The monoisotopic (exact) mass is 558 g/mol. The number of aliphatic hydroxyl groups excluding tert-OH is 1. The highest BCUT2D eigenvalue weighted by molar-refractivity contribution is 6.04. The normalized spacial score (nSPS) is 21.0. The van der Waals surface area contributed by atoms with Gasteiger partial charge in [-0.2, -0.15) is 4.52 Å². The highest BCUT2D eigenvalue weighted by Crippen LogP contribution is 2.38. The molecule has 0 aliphatic carbocycles. The summed E-state index contributed by atoms with van der Waals surface area (Å²) in [7, 11) is 0. The van der Waals surface area contributed by atoms with Gasteiger partial charge in [0.15, 0.2) is 11.5 Å². The molecule has 0 radical (unpaired) electrons. The van der Waals surface area contributed by atoms with Gasteiger partial charge in [-0.05, 0) is 48.9 Å². The molecule has 208 valence electrons. The summed E-state index contributed by atoms with van der Waals surface area (Å²) in [6.45, 7) is 0.522. The van der Waals surface area contributed by atoms with Gasteiger partial charge in [-0.25, -0.2) is 26.9 Å². The second-order valence-electron chi connectivity index (χ2n) is 9.90. The Kier molecular flexibility index (Phi) is 6.53. The van der Waals surface area contributed by atoms with E-state index in [0.29, 0.717) is 13.0 Å². The highest BCUT2D eigenvalue weighted by atomic mass is 19.1. The molecule has 2 N–H and O–H groups in total. The Morgan fingerprint density at radius 3 is 2.50 bits per heavy atom. The zero-order valence-electron chi connectivity index (χ0n) is 20.9. The Hall–Kier alpha value is -4.26. The van der Waals surface area contributed by atoms with Crippen LogP contribution in [0, 0.1) is 23.3 Å². The zero-order valence-corrected chi connectivity index (χ0v) is 20.9. The lowest BCUT2D eigenvalue weighted by molar-refractivity contribution is 0.101. The van der Waals surface area contributed by atoms with Crippen LogP contribution in [0.4, 0.5) is 39.3 Å². The van der Waals surface area contributed by atoms with Gasteiger partial charge in [-0.3, -0.25) is 4.79 Å². The van der Waals surface area contributed by atoms with Gasteiger partial charge in [0.1, 0.15) is 40.8 Å². The molecule has 0 saturated carbocycles. The number of carbonyl (C=O) groups is 1. The molecule has 2 fully saturated rings. The van der Waals surface area contributed by atoms with Crippen molar-refractivity contribution in [3.8, 4) is 0 Å². The van der Waals surface area contributed by atoms with Gasteiger partial charge in [-0.1, -0.05) is 0 Å². The average Bonchev–Trinajstić information content (AvgIpc) is 3.63. The third-order valence-corrected chi connectivity index (χ3v) is 7.23.